The summed E-state index contributed by atoms with van der Waals surface area (Å²) in [6.45, 7) is 22.2. The van der Waals surface area contributed by atoms with Crippen LogP contribution in [0.2, 0.25) is 0 Å². The number of carbonyl (C=O) groups is 1. The predicted molar refractivity (Wildman–Crippen MR) is 147 cm³/mol. The summed E-state index contributed by atoms with van der Waals surface area (Å²) >= 11 is 0. The number of nitrogens with one attached hydrogen (secondary N) is 2. The monoisotopic (exact) mass is 492 g/mol. The lowest BCUT2D eigenvalue weighted by atomic mass is 9.75. The van der Waals surface area contributed by atoms with Crippen molar-refractivity contribution in [3.05, 3.63) is 73.0 Å². The third-order valence-electron chi connectivity index (χ3n) is 6.29. The highest BCUT2D eigenvalue weighted by molar-refractivity contribution is 6.63. The molecule has 0 amide bonds. The van der Waals surface area contributed by atoms with Gasteiger partial charge in [-0.1, -0.05) is 24.8 Å². The van der Waals surface area contributed by atoms with Crippen LogP contribution >= 0.6 is 0 Å². The average molecular weight is 492 g/mol. The Balaban J connectivity index is 0.00000222. The van der Waals surface area contributed by atoms with Crippen LogP contribution in [0.25, 0.3) is 0 Å². The van der Waals surface area contributed by atoms with Gasteiger partial charge in [-0.15, -0.1) is 13.2 Å². The molecule has 0 atom stereocenters. The summed E-state index contributed by atoms with van der Waals surface area (Å²) < 4.78 is 17.3. The molecular formula is C27H37BN4O4. The number of hydrogen-bond acceptors (Lipinski definition) is 8. The molecule has 0 bridgehead atoms. The van der Waals surface area contributed by atoms with Gasteiger partial charge in [-0.3, -0.25) is 0 Å². The van der Waals surface area contributed by atoms with Crippen molar-refractivity contribution in [1.29, 1.82) is 0 Å². The number of allylic oxidation sites excluding steroid dienone is 1. The Morgan fingerprint density at radius 1 is 1.19 bits per heavy atom. The van der Waals surface area contributed by atoms with Gasteiger partial charge in [-0.05, 0) is 64.7 Å². The molecule has 2 aromatic rings. The molecule has 1 aromatic heterocycles. The minimum atomic E-state index is -0.690. The number of anilines is 3. The maximum absolute atomic E-state index is 12.6. The van der Waals surface area contributed by atoms with E-state index in [4.69, 9.17) is 14.0 Å². The highest BCUT2D eigenvalue weighted by atomic mass is 16.7. The van der Waals surface area contributed by atoms with Gasteiger partial charge in [0.1, 0.15) is 5.82 Å². The topological polar surface area (TPSA) is 94.6 Å². The first-order valence-electron chi connectivity index (χ1n) is 11.7. The number of rotatable bonds is 8. The zero-order chi connectivity index (χ0) is 27.1. The molecule has 0 saturated carbocycles. The van der Waals surface area contributed by atoms with Crippen LogP contribution in [0.1, 0.15) is 50.5 Å². The molecule has 3 rings (SSSR count). The fourth-order valence-electron chi connectivity index (χ4n) is 3.38. The van der Waals surface area contributed by atoms with Crippen LogP contribution in [-0.2, 0) is 14.0 Å². The summed E-state index contributed by atoms with van der Waals surface area (Å²) in [6.07, 6.45) is 5.53. The molecule has 1 aromatic carbocycles. The third-order valence-corrected chi connectivity index (χ3v) is 6.29. The first-order valence-corrected chi connectivity index (χ1v) is 11.7. The fourth-order valence-corrected chi connectivity index (χ4v) is 3.38. The van der Waals surface area contributed by atoms with E-state index >= 15 is 0 Å². The molecule has 2 heterocycles. The molecular weight excluding hydrogens is 455 g/mol. The van der Waals surface area contributed by atoms with Gasteiger partial charge in [-0.25, -0.2) is 9.78 Å². The van der Waals surface area contributed by atoms with Crippen molar-refractivity contribution in [3.63, 3.8) is 0 Å². The van der Waals surface area contributed by atoms with E-state index < -0.39 is 24.3 Å². The second-order valence-corrected chi connectivity index (χ2v) is 9.15. The standard InChI is InChI=1S/C25H33BN4O4.C2H4/c1-9-17(10-2)15-27-21-16(3)14-28-23(30-21)29-18-11-12-20(19(13-18)22(31)32-8)26-33-24(4,5)25(6,7)34-26;1-2/h9-14H,1,15H2,2-8H3,(H2,27,28,29,30);1-2H2/b17-10+;. The molecule has 1 saturated heterocycles. The molecule has 1 aliphatic rings. The summed E-state index contributed by atoms with van der Waals surface area (Å²) in [4.78, 5) is 21.6. The van der Waals surface area contributed by atoms with Crippen LogP contribution in [0.3, 0.4) is 0 Å². The Labute approximate surface area is 215 Å². The van der Waals surface area contributed by atoms with Crippen molar-refractivity contribution in [3.8, 4) is 0 Å². The summed E-state index contributed by atoms with van der Waals surface area (Å²) in [5.74, 6) is 0.623. The Bertz CT molecular complexity index is 1110. The minimum Gasteiger partial charge on any atom is -0.465 e. The van der Waals surface area contributed by atoms with Crippen LogP contribution in [0.5, 0.6) is 0 Å². The maximum Gasteiger partial charge on any atom is 0.495 e. The molecule has 36 heavy (non-hydrogen) atoms. The molecule has 9 heteroatoms. The highest BCUT2D eigenvalue weighted by Crippen LogP contribution is 2.37. The Hall–Kier alpha value is -3.43. The maximum atomic E-state index is 12.6. The van der Waals surface area contributed by atoms with Crippen molar-refractivity contribution in [2.75, 3.05) is 24.3 Å². The molecule has 0 spiro atoms. The van der Waals surface area contributed by atoms with E-state index in [-0.39, 0.29) is 0 Å². The Morgan fingerprint density at radius 3 is 2.39 bits per heavy atom. The van der Waals surface area contributed by atoms with Crippen molar-refractivity contribution in [1.82, 2.24) is 9.97 Å². The predicted octanol–water partition coefficient (Wildman–Crippen LogP) is 4.96. The quantitative estimate of drug-likeness (QED) is 0.231. The van der Waals surface area contributed by atoms with Crippen molar-refractivity contribution < 1.29 is 18.8 Å². The van der Waals surface area contributed by atoms with E-state index in [1.165, 1.54) is 7.11 Å². The van der Waals surface area contributed by atoms with Crippen LogP contribution in [0.15, 0.2) is 61.9 Å². The number of hydrogen-bond donors (Lipinski definition) is 2. The molecule has 1 fully saturated rings. The van der Waals surface area contributed by atoms with Crippen LogP contribution in [0.4, 0.5) is 17.5 Å². The normalized spacial score (nSPS) is 16.0. The van der Waals surface area contributed by atoms with E-state index in [1.54, 1.807) is 24.4 Å². The van der Waals surface area contributed by atoms with Crippen molar-refractivity contribution in [2.24, 2.45) is 0 Å². The lowest BCUT2D eigenvalue weighted by Crippen LogP contribution is -2.41. The lowest BCUT2D eigenvalue weighted by Gasteiger charge is -2.32. The molecule has 0 aliphatic carbocycles. The number of aryl methyl sites for hydroxylation is 1. The number of ether oxygens (including phenoxy) is 1. The average Bonchev–Trinajstić information content (AvgIpc) is 3.08. The van der Waals surface area contributed by atoms with E-state index in [0.717, 1.165) is 11.1 Å². The summed E-state index contributed by atoms with van der Waals surface area (Å²) in [5.41, 5.74) is 2.51. The molecule has 8 nitrogen and oxygen atoms in total. The van der Waals surface area contributed by atoms with Gasteiger partial charge in [0.25, 0.3) is 0 Å². The van der Waals surface area contributed by atoms with Gasteiger partial charge in [0.2, 0.25) is 5.95 Å². The lowest BCUT2D eigenvalue weighted by molar-refractivity contribution is 0.00578. The van der Waals surface area contributed by atoms with Gasteiger partial charge < -0.3 is 24.7 Å². The second-order valence-electron chi connectivity index (χ2n) is 9.15. The van der Waals surface area contributed by atoms with Gasteiger partial charge in [0.05, 0.1) is 23.9 Å². The van der Waals surface area contributed by atoms with E-state index in [2.05, 4.69) is 40.3 Å². The van der Waals surface area contributed by atoms with E-state index in [9.17, 15) is 4.79 Å². The molecule has 2 N–H and O–H groups in total. The van der Waals surface area contributed by atoms with Gasteiger partial charge in [0, 0.05) is 24.0 Å². The number of methoxy groups -OCH3 is 1. The van der Waals surface area contributed by atoms with Crippen LogP contribution in [-0.4, -0.2) is 47.9 Å². The zero-order valence-corrected chi connectivity index (χ0v) is 22.4. The molecule has 1 aliphatic heterocycles. The number of carbonyl (C=O) groups excluding carboxylic acids is 1. The van der Waals surface area contributed by atoms with Gasteiger partial charge in [0.15, 0.2) is 0 Å². The molecule has 0 radical (unpaired) electrons. The molecule has 0 unspecified atom stereocenters. The number of benzene rings is 1. The first-order chi connectivity index (χ1) is 17.0. The van der Waals surface area contributed by atoms with Crippen LogP contribution < -0.4 is 16.1 Å². The highest BCUT2D eigenvalue weighted by Gasteiger charge is 2.52. The van der Waals surface area contributed by atoms with Gasteiger partial charge in [-0.2, -0.15) is 4.98 Å². The first kappa shape index (κ1) is 28.8. The summed E-state index contributed by atoms with van der Waals surface area (Å²) in [7, 11) is 0.657. The van der Waals surface area contributed by atoms with E-state index in [1.807, 2.05) is 53.7 Å². The minimum absolute atomic E-state index is 0.347. The van der Waals surface area contributed by atoms with Crippen molar-refractivity contribution >= 4 is 36.0 Å². The largest absolute Gasteiger partial charge is 0.495 e. The van der Waals surface area contributed by atoms with Crippen molar-refractivity contribution in [2.45, 2.75) is 52.7 Å². The zero-order valence-electron chi connectivity index (χ0n) is 22.4. The number of aromatic nitrogens is 2. The summed E-state index contributed by atoms with van der Waals surface area (Å²) in [5, 5.41) is 6.47. The number of nitrogens with zero attached hydrogens (tertiary/aromatic N) is 2. The smallest absolute Gasteiger partial charge is 0.465 e. The SMILES string of the molecule is C=C.C=C/C(=C\C)CNc1nc(Nc2ccc(B3OC(C)(C)C(C)(C)O3)c(C(=O)OC)c2)ncc1C. The third kappa shape index (κ3) is 6.41. The van der Waals surface area contributed by atoms with E-state index in [0.29, 0.717) is 35.0 Å². The summed E-state index contributed by atoms with van der Waals surface area (Å²) in [6, 6.07) is 5.32. The second kappa shape index (κ2) is 12.0. The van der Waals surface area contributed by atoms with Gasteiger partial charge >= 0.3 is 13.1 Å². The molecule has 192 valence electrons. The van der Waals surface area contributed by atoms with Crippen LogP contribution in [0, 0.1) is 6.92 Å². The Kier molecular flexibility index (Phi) is 9.61. The Morgan fingerprint density at radius 2 is 1.83 bits per heavy atom. The number of esters is 1. The fraction of sp³-hybridized carbons (Fsp3) is 0.370.